The Bertz CT molecular complexity index is 1430. The molecule has 6 nitrogen and oxygen atoms in total. The molecular weight excluding hydrogens is 558 g/mol. The second kappa shape index (κ2) is 11.5. The van der Waals surface area contributed by atoms with Crippen LogP contribution in [0.5, 0.6) is 11.5 Å². The molecular formula is C26H19Cl2FN2O4S2. The number of methoxy groups -OCH3 is 1. The number of nitrogens with one attached hydrogen (secondary N) is 1. The molecule has 1 aliphatic rings. The summed E-state index contributed by atoms with van der Waals surface area (Å²) in [5.74, 6) is -0.703. The van der Waals surface area contributed by atoms with Crippen molar-refractivity contribution in [2.75, 3.05) is 23.9 Å². The molecule has 1 saturated heterocycles. The summed E-state index contributed by atoms with van der Waals surface area (Å²) in [5.41, 5.74) is 2.46. The van der Waals surface area contributed by atoms with E-state index in [0.717, 1.165) is 17.3 Å². The number of hydrogen-bond acceptors (Lipinski definition) is 6. The van der Waals surface area contributed by atoms with E-state index in [0.29, 0.717) is 31.2 Å². The van der Waals surface area contributed by atoms with Gasteiger partial charge in [0, 0.05) is 10.7 Å². The van der Waals surface area contributed by atoms with E-state index in [2.05, 4.69) is 5.32 Å². The van der Waals surface area contributed by atoms with Gasteiger partial charge in [-0.05, 0) is 72.7 Å². The van der Waals surface area contributed by atoms with Crippen molar-refractivity contribution < 1.29 is 23.5 Å². The summed E-state index contributed by atoms with van der Waals surface area (Å²) in [4.78, 5) is 27.1. The molecule has 4 rings (SSSR count). The Morgan fingerprint density at radius 3 is 2.59 bits per heavy atom. The zero-order valence-electron chi connectivity index (χ0n) is 19.5. The molecule has 0 bridgehead atoms. The van der Waals surface area contributed by atoms with Crippen molar-refractivity contribution in [1.29, 1.82) is 0 Å². The molecule has 0 aromatic heterocycles. The molecule has 2 amide bonds. The van der Waals surface area contributed by atoms with E-state index in [1.165, 1.54) is 36.3 Å². The lowest BCUT2D eigenvalue weighted by Crippen LogP contribution is -2.27. The molecule has 0 saturated carbocycles. The second-order valence-corrected chi connectivity index (χ2v) is 10.3. The number of benzene rings is 3. The lowest BCUT2D eigenvalue weighted by molar-refractivity contribution is -0.118. The second-order valence-electron chi connectivity index (χ2n) is 7.82. The normalized spacial score (nSPS) is 14.3. The van der Waals surface area contributed by atoms with Crippen LogP contribution in [-0.4, -0.2) is 29.9 Å². The van der Waals surface area contributed by atoms with Gasteiger partial charge in [-0.25, -0.2) is 4.39 Å². The van der Waals surface area contributed by atoms with Crippen LogP contribution in [0.3, 0.4) is 0 Å². The van der Waals surface area contributed by atoms with Crippen molar-refractivity contribution in [1.82, 2.24) is 0 Å². The first kappa shape index (κ1) is 26.9. The van der Waals surface area contributed by atoms with Gasteiger partial charge >= 0.3 is 0 Å². The topological polar surface area (TPSA) is 67.9 Å². The third-order valence-corrected chi connectivity index (χ3v) is 7.07. The maximum absolute atomic E-state index is 13.3. The SMILES string of the molecule is COc1cc(/C=C2\SC(=S)N(c3ccc(F)cc3)C2=O)cc(Cl)c1OCC(=O)Nc1cc(Cl)ccc1C. The Labute approximate surface area is 232 Å². The van der Waals surface area contributed by atoms with Gasteiger partial charge in [-0.1, -0.05) is 53.2 Å². The third kappa shape index (κ3) is 6.24. The van der Waals surface area contributed by atoms with Crippen LogP contribution in [0.15, 0.2) is 59.5 Å². The average Bonchev–Trinajstić information content (AvgIpc) is 3.13. The number of ether oxygens (including phenoxy) is 2. The first-order chi connectivity index (χ1) is 17.7. The first-order valence-corrected chi connectivity index (χ1v) is 12.7. The average molecular weight is 577 g/mol. The van der Waals surface area contributed by atoms with E-state index in [1.807, 2.05) is 6.92 Å². The number of thiocarbonyl (C=S) groups is 1. The van der Waals surface area contributed by atoms with Gasteiger partial charge in [0.25, 0.3) is 11.8 Å². The highest BCUT2D eigenvalue weighted by Gasteiger charge is 2.33. The Morgan fingerprint density at radius 2 is 1.89 bits per heavy atom. The summed E-state index contributed by atoms with van der Waals surface area (Å²) in [6, 6.07) is 13.9. The number of amides is 2. The molecule has 0 radical (unpaired) electrons. The summed E-state index contributed by atoms with van der Waals surface area (Å²) in [5, 5.41) is 3.43. The number of anilines is 2. The number of hydrogen-bond donors (Lipinski definition) is 1. The first-order valence-electron chi connectivity index (χ1n) is 10.8. The van der Waals surface area contributed by atoms with Crippen LogP contribution in [0.25, 0.3) is 6.08 Å². The van der Waals surface area contributed by atoms with E-state index in [4.69, 9.17) is 44.9 Å². The van der Waals surface area contributed by atoms with Crippen LogP contribution >= 0.6 is 47.2 Å². The van der Waals surface area contributed by atoms with Crippen molar-refractivity contribution in [2.45, 2.75) is 6.92 Å². The highest BCUT2D eigenvalue weighted by atomic mass is 35.5. The lowest BCUT2D eigenvalue weighted by Gasteiger charge is -2.14. The van der Waals surface area contributed by atoms with Gasteiger partial charge in [-0.2, -0.15) is 0 Å². The highest BCUT2D eigenvalue weighted by Crippen LogP contribution is 2.40. The van der Waals surface area contributed by atoms with Crippen LogP contribution in [0.2, 0.25) is 10.0 Å². The summed E-state index contributed by atoms with van der Waals surface area (Å²) >= 11 is 18.9. The van der Waals surface area contributed by atoms with Gasteiger partial charge in [0.2, 0.25) is 0 Å². The maximum Gasteiger partial charge on any atom is 0.270 e. The van der Waals surface area contributed by atoms with Crippen LogP contribution in [0.1, 0.15) is 11.1 Å². The predicted octanol–water partition coefficient (Wildman–Crippen LogP) is 6.87. The van der Waals surface area contributed by atoms with E-state index in [-0.39, 0.29) is 29.0 Å². The minimum atomic E-state index is -0.411. The molecule has 1 fully saturated rings. The number of carbonyl (C=O) groups excluding carboxylic acids is 2. The molecule has 37 heavy (non-hydrogen) atoms. The molecule has 0 aliphatic carbocycles. The molecule has 0 spiro atoms. The molecule has 1 heterocycles. The van der Waals surface area contributed by atoms with Crippen molar-refractivity contribution in [3.63, 3.8) is 0 Å². The summed E-state index contributed by atoms with van der Waals surface area (Å²) < 4.78 is 24.7. The minimum Gasteiger partial charge on any atom is -0.493 e. The fourth-order valence-corrected chi connectivity index (χ4v) is 5.19. The van der Waals surface area contributed by atoms with Gasteiger partial charge in [0.1, 0.15) is 5.82 Å². The van der Waals surface area contributed by atoms with Crippen molar-refractivity contribution in [2.24, 2.45) is 0 Å². The van der Waals surface area contributed by atoms with Gasteiger partial charge in [0.05, 0.1) is 22.7 Å². The number of aryl methyl sites for hydroxylation is 1. The Morgan fingerprint density at radius 1 is 1.16 bits per heavy atom. The number of carbonyl (C=O) groups is 2. The van der Waals surface area contributed by atoms with Gasteiger partial charge in [-0.15, -0.1) is 0 Å². The number of thioether (sulfide) groups is 1. The Balaban J connectivity index is 1.50. The van der Waals surface area contributed by atoms with Gasteiger partial charge in [0.15, 0.2) is 22.4 Å². The number of nitrogens with zero attached hydrogens (tertiary/aromatic N) is 1. The van der Waals surface area contributed by atoms with Crippen LogP contribution in [0.4, 0.5) is 15.8 Å². The zero-order valence-corrected chi connectivity index (χ0v) is 22.7. The molecule has 0 unspecified atom stereocenters. The summed E-state index contributed by atoms with van der Waals surface area (Å²) in [6.07, 6.45) is 1.62. The van der Waals surface area contributed by atoms with Crippen LogP contribution in [-0.2, 0) is 9.59 Å². The number of rotatable bonds is 7. The molecule has 190 valence electrons. The molecule has 1 N–H and O–H groups in total. The largest absolute Gasteiger partial charge is 0.493 e. The maximum atomic E-state index is 13.3. The third-order valence-electron chi connectivity index (χ3n) is 5.25. The van der Waals surface area contributed by atoms with Crippen LogP contribution in [0, 0.1) is 12.7 Å². The van der Waals surface area contributed by atoms with Gasteiger partial charge in [-0.3, -0.25) is 14.5 Å². The van der Waals surface area contributed by atoms with E-state index < -0.39 is 11.7 Å². The molecule has 1 aliphatic heterocycles. The Hall–Kier alpha value is -3.11. The fourth-order valence-electron chi connectivity index (χ4n) is 3.45. The monoisotopic (exact) mass is 576 g/mol. The standard InChI is InChI=1S/C26H19Cl2FN2O4S2/c1-14-3-4-16(27)12-20(14)30-23(32)13-35-24-19(28)9-15(10-21(24)34-2)11-22-25(33)31(26(36)37-22)18-7-5-17(29)6-8-18/h3-12H,13H2,1-2H3,(H,30,32)/b22-11-. The summed E-state index contributed by atoms with van der Waals surface area (Å²) in [6.45, 7) is 1.52. The van der Waals surface area contributed by atoms with Crippen LogP contribution < -0.4 is 19.7 Å². The zero-order chi connectivity index (χ0) is 26.7. The van der Waals surface area contributed by atoms with Crippen molar-refractivity contribution in [3.8, 4) is 11.5 Å². The smallest absolute Gasteiger partial charge is 0.270 e. The van der Waals surface area contributed by atoms with E-state index >= 15 is 0 Å². The number of halogens is 3. The Kier molecular flexibility index (Phi) is 8.39. The van der Waals surface area contributed by atoms with Crippen molar-refractivity contribution >= 4 is 80.8 Å². The summed E-state index contributed by atoms with van der Waals surface area (Å²) in [7, 11) is 1.44. The molecule has 3 aromatic rings. The fraction of sp³-hybridized carbons (Fsp3) is 0.115. The lowest BCUT2D eigenvalue weighted by atomic mass is 10.1. The predicted molar refractivity (Wildman–Crippen MR) is 150 cm³/mol. The highest BCUT2D eigenvalue weighted by molar-refractivity contribution is 8.27. The van der Waals surface area contributed by atoms with E-state index in [1.54, 1.807) is 36.4 Å². The van der Waals surface area contributed by atoms with E-state index in [9.17, 15) is 14.0 Å². The van der Waals surface area contributed by atoms with Crippen molar-refractivity contribution in [3.05, 3.63) is 86.5 Å². The van der Waals surface area contributed by atoms with Gasteiger partial charge < -0.3 is 14.8 Å². The molecule has 3 aromatic carbocycles. The quantitative estimate of drug-likeness (QED) is 0.244. The minimum absolute atomic E-state index is 0.179. The molecule has 11 heteroatoms. The molecule has 0 atom stereocenters.